The van der Waals surface area contributed by atoms with Gasteiger partial charge in [-0.3, -0.25) is 0 Å². The standard InChI is InChI=1S/C16H26BrN/c1-3-4-5-6-7-15(13-18-2)12-14-8-10-16(17)11-9-14/h8-11,15,18H,3-7,12-13H2,1-2H3. The van der Waals surface area contributed by atoms with Gasteiger partial charge >= 0.3 is 0 Å². The first kappa shape index (κ1) is 15.7. The lowest BCUT2D eigenvalue weighted by Crippen LogP contribution is -2.20. The first-order chi connectivity index (χ1) is 8.76. The Balaban J connectivity index is 2.38. The van der Waals surface area contributed by atoms with Crippen LogP contribution in [0.1, 0.15) is 44.6 Å². The summed E-state index contributed by atoms with van der Waals surface area (Å²) < 4.78 is 1.17. The number of nitrogens with one attached hydrogen (secondary N) is 1. The van der Waals surface area contributed by atoms with E-state index in [0.29, 0.717) is 0 Å². The maximum atomic E-state index is 3.49. The van der Waals surface area contributed by atoms with Crippen molar-refractivity contribution in [2.45, 2.75) is 45.4 Å². The zero-order chi connectivity index (χ0) is 13.2. The van der Waals surface area contributed by atoms with E-state index in [1.54, 1.807) is 0 Å². The molecule has 1 aromatic carbocycles. The Morgan fingerprint density at radius 3 is 2.44 bits per heavy atom. The minimum Gasteiger partial charge on any atom is -0.319 e. The molecule has 18 heavy (non-hydrogen) atoms. The van der Waals surface area contributed by atoms with E-state index >= 15 is 0 Å². The molecule has 1 nitrogen and oxygen atoms in total. The normalized spacial score (nSPS) is 12.6. The molecule has 0 saturated heterocycles. The minimum atomic E-state index is 0.771. The van der Waals surface area contributed by atoms with Gasteiger partial charge in [-0.15, -0.1) is 0 Å². The van der Waals surface area contributed by atoms with Crippen LogP contribution in [0, 0.1) is 5.92 Å². The summed E-state index contributed by atoms with van der Waals surface area (Å²) in [4.78, 5) is 0. The Hall–Kier alpha value is -0.340. The molecule has 102 valence electrons. The molecule has 0 spiro atoms. The Morgan fingerprint density at radius 2 is 1.83 bits per heavy atom. The fourth-order valence-electron chi connectivity index (χ4n) is 2.38. The summed E-state index contributed by atoms with van der Waals surface area (Å²) in [5.41, 5.74) is 1.45. The van der Waals surface area contributed by atoms with Crippen LogP contribution in [-0.2, 0) is 6.42 Å². The summed E-state index contributed by atoms with van der Waals surface area (Å²) in [7, 11) is 2.06. The van der Waals surface area contributed by atoms with E-state index in [-0.39, 0.29) is 0 Å². The molecule has 0 aliphatic rings. The van der Waals surface area contributed by atoms with Gasteiger partial charge in [0.1, 0.15) is 0 Å². The SMILES string of the molecule is CCCCCCC(CNC)Cc1ccc(Br)cc1. The van der Waals surface area contributed by atoms with E-state index in [1.807, 2.05) is 0 Å². The van der Waals surface area contributed by atoms with Crippen LogP contribution in [-0.4, -0.2) is 13.6 Å². The maximum Gasteiger partial charge on any atom is 0.0175 e. The van der Waals surface area contributed by atoms with Crippen LogP contribution < -0.4 is 5.32 Å². The fourth-order valence-corrected chi connectivity index (χ4v) is 2.64. The van der Waals surface area contributed by atoms with Crippen molar-refractivity contribution in [3.05, 3.63) is 34.3 Å². The topological polar surface area (TPSA) is 12.0 Å². The highest BCUT2D eigenvalue weighted by Gasteiger charge is 2.08. The van der Waals surface area contributed by atoms with E-state index in [2.05, 4.69) is 59.5 Å². The quantitative estimate of drug-likeness (QED) is 0.646. The summed E-state index contributed by atoms with van der Waals surface area (Å²) in [5, 5.41) is 3.33. The molecule has 1 N–H and O–H groups in total. The molecule has 0 radical (unpaired) electrons. The highest BCUT2D eigenvalue weighted by atomic mass is 79.9. The third-order valence-electron chi connectivity index (χ3n) is 3.40. The number of unbranched alkanes of at least 4 members (excludes halogenated alkanes) is 3. The molecule has 0 aliphatic heterocycles. The number of benzene rings is 1. The van der Waals surface area contributed by atoms with E-state index in [0.717, 1.165) is 12.5 Å². The van der Waals surface area contributed by atoms with Gasteiger partial charge in [0.15, 0.2) is 0 Å². The van der Waals surface area contributed by atoms with Crippen LogP contribution in [0.25, 0.3) is 0 Å². The molecule has 0 bridgehead atoms. The second-order valence-electron chi connectivity index (χ2n) is 5.10. The predicted octanol–water partition coefficient (Wildman–Crippen LogP) is 4.80. The van der Waals surface area contributed by atoms with Crippen molar-refractivity contribution >= 4 is 15.9 Å². The lowest BCUT2D eigenvalue weighted by Gasteiger charge is -2.16. The monoisotopic (exact) mass is 311 g/mol. The molecule has 1 rings (SSSR count). The summed E-state index contributed by atoms with van der Waals surface area (Å²) >= 11 is 3.49. The van der Waals surface area contributed by atoms with E-state index in [1.165, 1.54) is 48.6 Å². The van der Waals surface area contributed by atoms with Crippen molar-refractivity contribution in [2.75, 3.05) is 13.6 Å². The molecule has 1 atom stereocenters. The van der Waals surface area contributed by atoms with Crippen LogP contribution in [0.3, 0.4) is 0 Å². The molecular weight excluding hydrogens is 286 g/mol. The van der Waals surface area contributed by atoms with Crippen LogP contribution >= 0.6 is 15.9 Å². The minimum absolute atomic E-state index is 0.771. The fraction of sp³-hybridized carbons (Fsp3) is 0.625. The van der Waals surface area contributed by atoms with Crippen LogP contribution in [0.2, 0.25) is 0 Å². The predicted molar refractivity (Wildman–Crippen MR) is 84.0 cm³/mol. The summed E-state index contributed by atoms with van der Waals surface area (Å²) in [5.74, 6) is 0.771. The van der Waals surface area contributed by atoms with Gasteiger partial charge in [0.05, 0.1) is 0 Å². The first-order valence-corrected chi connectivity index (χ1v) is 7.94. The van der Waals surface area contributed by atoms with Crippen molar-refractivity contribution in [3.63, 3.8) is 0 Å². The molecule has 0 amide bonds. The molecule has 0 heterocycles. The Labute approximate surface area is 120 Å². The zero-order valence-electron chi connectivity index (χ0n) is 11.7. The number of hydrogen-bond acceptors (Lipinski definition) is 1. The number of rotatable bonds is 9. The molecule has 0 aromatic heterocycles. The average molecular weight is 312 g/mol. The van der Waals surface area contributed by atoms with Crippen LogP contribution in [0.5, 0.6) is 0 Å². The summed E-state index contributed by atoms with van der Waals surface area (Å²) in [6.07, 6.45) is 8.00. The second-order valence-corrected chi connectivity index (χ2v) is 6.02. The van der Waals surface area contributed by atoms with Gasteiger partial charge in [0.25, 0.3) is 0 Å². The van der Waals surface area contributed by atoms with Gasteiger partial charge in [0.2, 0.25) is 0 Å². The van der Waals surface area contributed by atoms with Crippen LogP contribution in [0.4, 0.5) is 0 Å². The molecule has 0 fully saturated rings. The van der Waals surface area contributed by atoms with Crippen molar-refractivity contribution in [1.82, 2.24) is 5.32 Å². The second kappa shape index (κ2) is 9.57. The highest BCUT2D eigenvalue weighted by Crippen LogP contribution is 2.18. The molecule has 2 heteroatoms. The van der Waals surface area contributed by atoms with E-state index in [9.17, 15) is 0 Å². The van der Waals surface area contributed by atoms with Crippen LogP contribution in [0.15, 0.2) is 28.7 Å². The smallest absolute Gasteiger partial charge is 0.0175 e. The van der Waals surface area contributed by atoms with Gasteiger partial charge in [-0.1, -0.05) is 60.7 Å². The molecule has 1 aromatic rings. The van der Waals surface area contributed by atoms with Crippen molar-refractivity contribution in [3.8, 4) is 0 Å². The highest BCUT2D eigenvalue weighted by molar-refractivity contribution is 9.10. The molecule has 1 unspecified atom stereocenters. The van der Waals surface area contributed by atoms with E-state index < -0.39 is 0 Å². The third kappa shape index (κ3) is 6.55. The summed E-state index contributed by atoms with van der Waals surface area (Å²) in [6, 6.07) is 8.75. The Bertz CT molecular complexity index is 307. The Kier molecular flexibility index (Phi) is 8.36. The summed E-state index contributed by atoms with van der Waals surface area (Å²) in [6.45, 7) is 3.40. The molecule has 0 saturated carbocycles. The van der Waals surface area contributed by atoms with Gasteiger partial charge in [-0.25, -0.2) is 0 Å². The molecule has 0 aliphatic carbocycles. The van der Waals surface area contributed by atoms with Gasteiger partial charge < -0.3 is 5.32 Å². The van der Waals surface area contributed by atoms with Crippen molar-refractivity contribution < 1.29 is 0 Å². The lowest BCUT2D eigenvalue weighted by molar-refractivity contribution is 0.435. The lowest BCUT2D eigenvalue weighted by atomic mass is 9.93. The van der Waals surface area contributed by atoms with Crippen molar-refractivity contribution in [1.29, 1.82) is 0 Å². The number of hydrogen-bond donors (Lipinski definition) is 1. The largest absolute Gasteiger partial charge is 0.319 e. The van der Waals surface area contributed by atoms with Gasteiger partial charge in [0, 0.05) is 4.47 Å². The maximum absolute atomic E-state index is 3.49. The van der Waals surface area contributed by atoms with Crippen molar-refractivity contribution in [2.24, 2.45) is 5.92 Å². The molecular formula is C16H26BrN. The number of halogens is 1. The average Bonchev–Trinajstić information content (AvgIpc) is 2.37. The van der Waals surface area contributed by atoms with Gasteiger partial charge in [-0.2, -0.15) is 0 Å². The Morgan fingerprint density at radius 1 is 1.11 bits per heavy atom. The van der Waals surface area contributed by atoms with E-state index in [4.69, 9.17) is 0 Å². The zero-order valence-corrected chi connectivity index (χ0v) is 13.3. The van der Waals surface area contributed by atoms with Gasteiger partial charge in [-0.05, 0) is 50.0 Å². The first-order valence-electron chi connectivity index (χ1n) is 7.15. The third-order valence-corrected chi connectivity index (χ3v) is 3.93.